The van der Waals surface area contributed by atoms with Crippen LogP contribution in [-0.2, 0) is 10.4 Å². The lowest BCUT2D eigenvalue weighted by atomic mass is 9.78. The number of aliphatic hydroxyl groups is 2. The normalized spacial score (nSPS) is 17.4. The van der Waals surface area contributed by atoms with Gasteiger partial charge in [0.15, 0.2) is 0 Å². The Morgan fingerprint density at radius 3 is 2.19 bits per heavy atom. The van der Waals surface area contributed by atoms with Gasteiger partial charge in [-0.25, -0.2) is 0 Å². The first-order chi connectivity index (χ1) is 17.5. The van der Waals surface area contributed by atoms with E-state index in [9.17, 15) is 15.0 Å². The van der Waals surface area contributed by atoms with Gasteiger partial charge in [0.1, 0.15) is 11.4 Å². The highest BCUT2D eigenvalue weighted by Gasteiger charge is 2.43. The third-order valence-corrected chi connectivity index (χ3v) is 6.25. The summed E-state index contributed by atoms with van der Waals surface area (Å²) in [6.45, 7) is 0. The van der Waals surface area contributed by atoms with Crippen molar-refractivity contribution in [3.8, 4) is 5.75 Å². The van der Waals surface area contributed by atoms with E-state index in [1.807, 2.05) is 36.4 Å². The highest BCUT2D eigenvalue weighted by atomic mass is 16.7. The molecule has 1 aliphatic heterocycles. The zero-order valence-electron chi connectivity index (χ0n) is 19.4. The fraction of sp³-hybridized carbons (Fsp3) is 0.179. The molecule has 0 saturated heterocycles. The van der Waals surface area contributed by atoms with Gasteiger partial charge >= 0.3 is 0 Å². The van der Waals surface area contributed by atoms with Crippen molar-refractivity contribution >= 4 is 11.6 Å². The second-order valence-electron chi connectivity index (χ2n) is 8.67. The SMILES string of the molecule is O=C(CCC1(O)Nc2ccccc2O1)N[C@H](c1ccccc1)C(O)(c1cccnc1)c1cccnc1. The van der Waals surface area contributed by atoms with Crippen molar-refractivity contribution < 1.29 is 19.7 Å². The van der Waals surface area contributed by atoms with E-state index in [2.05, 4.69) is 20.6 Å². The zero-order chi connectivity index (χ0) is 25.0. The maximum Gasteiger partial charge on any atom is 0.290 e. The largest absolute Gasteiger partial charge is 0.442 e. The molecule has 2 aromatic carbocycles. The first-order valence-corrected chi connectivity index (χ1v) is 11.6. The molecule has 8 nitrogen and oxygen atoms in total. The third kappa shape index (κ3) is 4.64. The van der Waals surface area contributed by atoms with Gasteiger partial charge in [0.05, 0.1) is 11.7 Å². The molecule has 2 atom stereocenters. The summed E-state index contributed by atoms with van der Waals surface area (Å²) >= 11 is 0. The van der Waals surface area contributed by atoms with Crippen molar-refractivity contribution in [2.45, 2.75) is 30.4 Å². The van der Waals surface area contributed by atoms with Crippen LogP contribution in [0.1, 0.15) is 35.6 Å². The lowest BCUT2D eigenvalue weighted by Crippen LogP contribution is -2.46. The Balaban J connectivity index is 1.43. The minimum Gasteiger partial charge on any atom is -0.442 e. The molecule has 182 valence electrons. The van der Waals surface area contributed by atoms with Crippen LogP contribution < -0.4 is 15.4 Å². The van der Waals surface area contributed by atoms with Crippen molar-refractivity contribution in [2.24, 2.45) is 0 Å². The van der Waals surface area contributed by atoms with Crippen LogP contribution in [0.25, 0.3) is 0 Å². The summed E-state index contributed by atoms with van der Waals surface area (Å²) < 4.78 is 5.64. The van der Waals surface area contributed by atoms with Gasteiger partial charge in [-0.1, -0.05) is 54.6 Å². The van der Waals surface area contributed by atoms with Gasteiger partial charge in [-0.3, -0.25) is 14.8 Å². The smallest absolute Gasteiger partial charge is 0.290 e. The molecular weight excluding hydrogens is 456 g/mol. The fourth-order valence-electron chi connectivity index (χ4n) is 4.46. The average molecular weight is 483 g/mol. The zero-order valence-corrected chi connectivity index (χ0v) is 19.4. The number of nitrogens with zero attached hydrogens (tertiary/aromatic N) is 2. The maximum atomic E-state index is 13.3. The standard InChI is InChI=1S/C28H26N4O4/c33-25(14-15-27(34)32-23-12-4-5-13-24(23)36-27)31-26(20-8-2-1-3-9-20)28(35,21-10-6-16-29-18-21)22-11-7-17-30-19-22/h1-13,16-19,26,32,34-35H,14-15H2,(H,31,33)/t26-,27?/m1/s1. The van der Waals surface area contributed by atoms with Crippen LogP contribution in [0, 0.1) is 0 Å². The molecule has 4 N–H and O–H groups in total. The number of fused-ring (bicyclic) bond motifs is 1. The van der Waals surface area contributed by atoms with Gasteiger partial charge in [0.25, 0.3) is 5.91 Å². The van der Waals surface area contributed by atoms with Gasteiger partial charge < -0.3 is 25.6 Å². The lowest BCUT2D eigenvalue weighted by molar-refractivity contribution is -0.132. The van der Waals surface area contributed by atoms with E-state index in [1.165, 1.54) is 0 Å². The molecular formula is C28H26N4O4. The molecule has 0 spiro atoms. The van der Waals surface area contributed by atoms with Crippen LogP contribution in [0.15, 0.2) is 104 Å². The van der Waals surface area contributed by atoms with Crippen molar-refractivity contribution in [1.29, 1.82) is 0 Å². The number of para-hydroxylation sites is 2. The predicted octanol–water partition coefficient (Wildman–Crippen LogP) is 3.50. The topological polar surface area (TPSA) is 117 Å². The van der Waals surface area contributed by atoms with Crippen LogP contribution in [0.5, 0.6) is 5.75 Å². The summed E-state index contributed by atoms with van der Waals surface area (Å²) in [6, 6.07) is 22.5. The number of hydrogen-bond acceptors (Lipinski definition) is 7. The number of hydrogen-bond donors (Lipinski definition) is 4. The van der Waals surface area contributed by atoms with E-state index in [0.717, 1.165) is 0 Å². The Labute approximate surface area is 208 Å². The number of carbonyl (C=O) groups is 1. The van der Waals surface area contributed by atoms with Crippen LogP contribution in [-0.4, -0.2) is 32.0 Å². The molecule has 36 heavy (non-hydrogen) atoms. The van der Waals surface area contributed by atoms with Crippen LogP contribution in [0.2, 0.25) is 0 Å². The molecule has 1 unspecified atom stereocenters. The average Bonchev–Trinajstić information content (AvgIpc) is 3.28. The van der Waals surface area contributed by atoms with Crippen molar-refractivity contribution in [1.82, 2.24) is 15.3 Å². The Bertz CT molecular complexity index is 1250. The van der Waals surface area contributed by atoms with Crippen LogP contribution in [0.4, 0.5) is 5.69 Å². The maximum absolute atomic E-state index is 13.3. The van der Waals surface area contributed by atoms with Gasteiger partial charge in [-0.15, -0.1) is 0 Å². The van der Waals surface area contributed by atoms with Crippen molar-refractivity contribution in [3.63, 3.8) is 0 Å². The van der Waals surface area contributed by atoms with Crippen molar-refractivity contribution in [3.05, 3.63) is 120 Å². The predicted molar refractivity (Wildman–Crippen MR) is 134 cm³/mol. The number of pyridine rings is 2. The van der Waals surface area contributed by atoms with Gasteiger partial charge in [-0.05, 0) is 29.8 Å². The van der Waals surface area contributed by atoms with Gasteiger partial charge in [0.2, 0.25) is 5.91 Å². The monoisotopic (exact) mass is 482 g/mol. The van der Waals surface area contributed by atoms with Crippen molar-refractivity contribution in [2.75, 3.05) is 5.32 Å². The highest BCUT2D eigenvalue weighted by molar-refractivity contribution is 5.77. The molecule has 5 rings (SSSR count). The van der Waals surface area contributed by atoms with Crippen LogP contribution >= 0.6 is 0 Å². The summed E-state index contributed by atoms with van der Waals surface area (Å²) in [4.78, 5) is 21.7. The van der Waals surface area contributed by atoms with Gasteiger partial charge in [0, 0.05) is 48.8 Å². The molecule has 0 saturated carbocycles. The Kier molecular flexibility index (Phi) is 6.37. The molecule has 0 aliphatic carbocycles. The molecule has 2 aromatic heterocycles. The minimum atomic E-state index is -1.70. The summed E-state index contributed by atoms with van der Waals surface area (Å²) in [7, 11) is 0. The molecule has 1 amide bonds. The third-order valence-electron chi connectivity index (χ3n) is 6.25. The molecule has 8 heteroatoms. The lowest BCUT2D eigenvalue weighted by Gasteiger charge is -2.37. The highest BCUT2D eigenvalue weighted by Crippen LogP contribution is 2.41. The Morgan fingerprint density at radius 2 is 1.58 bits per heavy atom. The number of aromatic nitrogens is 2. The summed E-state index contributed by atoms with van der Waals surface area (Å²) in [5, 5.41) is 29.0. The van der Waals surface area contributed by atoms with E-state index < -0.39 is 17.6 Å². The first-order valence-electron chi connectivity index (χ1n) is 11.6. The molecule has 3 heterocycles. The first kappa shape index (κ1) is 23.5. The number of rotatable bonds is 8. The van der Waals surface area contributed by atoms with E-state index in [0.29, 0.717) is 28.1 Å². The number of carbonyl (C=O) groups excluding carboxylic acids is 1. The second-order valence-corrected chi connectivity index (χ2v) is 8.67. The molecule has 4 aromatic rings. The number of benzene rings is 2. The van der Waals surface area contributed by atoms with Gasteiger partial charge in [-0.2, -0.15) is 0 Å². The minimum absolute atomic E-state index is 0.00671. The summed E-state index contributed by atoms with van der Waals surface area (Å²) in [6.07, 6.45) is 6.33. The number of nitrogens with one attached hydrogen (secondary N) is 2. The molecule has 0 radical (unpaired) electrons. The van der Waals surface area contributed by atoms with E-state index in [4.69, 9.17) is 4.74 Å². The fourth-order valence-corrected chi connectivity index (χ4v) is 4.46. The van der Waals surface area contributed by atoms with E-state index >= 15 is 0 Å². The van der Waals surface area contributed by atoms with Crippen LogP contribution in [0.3, 0.4) is 0 Å². The molecule has 1 aliphatic rings. The quantitative estimate of drug-likeness (QED) is 0.304. The number of anilines is 1. The number of amides is 1. The Morgan fingerprint density at radius 1 is 0.944 bits per heavy atom. The Hall–Kier alpha value is -4.27. The summed E-state index contributed by atoms with van der Waals surface area (Å²) in [5.74, 6) is -1.55. The second kappa shape index (κ2) is 9.77. The van der Waals surface area contributed by atoms with E-state index in [-0.39, 0.29) is 18.7 Å². The number of ether oxygens (including phenoxy) is 1. The van der Waals surface area contributed by atoms with E-state index in [1.54, 1.807) is 67.3 Å². The summed E-state index contributed by atoms with van der Waals surface area (Å²) in [5.41, 5.74) is 0.686. The molecule has 0 bridgehead atoms. The molecule has 0 fully saturated rings.